The number of halogens is 1. The highest BCUT2D eigenvalue weighted by atomic mass is 35.5. The van der Waals surface area contributed by atoms with Gasteiger partial charge in [0.1, 0.15) is 22.2 Å². The molecular formula is C22H25ClN4O3S2. The molecule has 0 aromatic carbocycles. The number of aliphatic imine (C=N–C) groups is 1. The molecule has 4 heterocycles. The lowest BCUT2D eigenvalue weighted by Crippen LogP contribution is -2.57. The van der Waals surface area contributed by atoms with E-state index < -0.39 is 20.1 Å². The molecule has 4 rings (SSSR count). The first-order valence-electron chi connectivity index (χ1n) is 10.4. The second kappa shape index (κ2) is 8.41. The summed E-state index contributed by atoms with van der Waals surface area (Å²) < 4.78 is 31.4. The highest BCUT2D eigenvalue weighted by Crippen LogP contribution is 2.47. The summed E-state index contributed by atoms with van der Waals surface area (Å²) in [5.41, 5.74) is 6.47. The van der Waals surface area contributed by atoms with Gasteiger partial charge in [-0.3, -0.25) is 9.98 Å². The average Bonchev–Trinajstić information content (AvgIpc) is 3.15. The van der Waals surface area contributed by atoms with E-state index in [0.29, 0.717) is 35.1 Å². The van der Waals surface area contributed by atoms with Crippen LogP contribution in [0.25, 0.3) is 10.4 Å². The molecule has 1 saturated heterocycles. The number of nitrogens with two attached hydrogens (primary N) is 1. The Morgan fingerprint density at radius 3 is 2.69 bits per heavy atom. The molecule has 7 nitrogen and oxygen atoms in total. The highest BCUT2D eigenvalue weighted by Gasteiger charge is 2.53. The molecule has 0 radical (unpaired) electrons. The van der Waals surface area contributed by atoms with E-state index in [2.05, 4.69) is 11.1 Å². The average molecular weight is 493 g/mol. The number of rotatable bonds is 4. The van der Waals surface area contributed by atoms with Gasteiger partial charge in [-0.15, -0.1) is 11.3 Å². The Labute approximate surface area is 197 Å². The van der Waals surface area contributed by atoms with E-state index in [9.17, 15) is 8.42 Å². The second-order valence-electron chi connectivity index (χ2n) is 8.88. The van der Waals surface area contributed by atoms with E-state index in [0.717, 1.165) is 23.3 Å². The Kier molecular flexibility index (Phi) is 6.09. The first-order valence-corrected chi connectivity index (χ1v) is 13.2. The molecule has 0 bridgehead atoms. The first kappa shape index (κ1) is 23.2. The second-order valence-corrected chi connectivity index (χ2v) is 12.8. The molecule has 2 aromatic rings. The smallest absolute Gasteiger partial charge is 0.165 e. The molecule has 10 heteroatoms. The number of hydrogen-bond donors (Lipinski definition) is 1. The minimum absolute atomic E-state index is 0.136. The van der Waals surface area contributed by atoms with Crippen LogP contribution in [-0.2, 0) is 20.1 Å². The van der Waals surface area contributed by atoms with Gasteiger partial charge in [0.15, 0.2) is 9.84 Å². The van der Waals surface area contributed by atoms with Crippen LogP contribution in [0.1, 0.15) is 43.6 Å². The van der Waals surface area contributed by atoms with Crippen molar-refractivity contribution in [1.29, 1.82) is 5.26 Å². The maximum absolute atomic E-state index is 13.6. The van der Waals surface area contributed by atoms with Crippen molar-refractivity contribution < 1.29 is 13.2 Å². The lowest BCUT2D eigenvalue weighted by Gasteiger charge is -2.41. The molecule has 2 atom stereocenters. The summed E-state index contributed by atoms with van der Waals surface area (Å²) >= 11 is 7.92. The molecule has 0 amide bonds. The van der Waals surface area contributed by atoms with E-state index in [1.54, 1.807) is 32.2 Å². The van der Waals surface area contributed by atoms with Crippen molar-refractivity contribution in [2.75, 3.05) is 19.0 Å². The fraction of sp³-hybridized carbons (Fsp3) is 0.500. The number of sulfone groups is 1. The first-order chi connectivity index (χ1) is 15.1. The van der Waals surface area contributed by atoms with Gasteiger partial charge in [0.25, 0.3) is 0 Å². The molecule has 0 unspecified atom stereocenters. The molecule has 0 saturated carbocycles. The number of hydrogen-bond acceptors (Lipinski definition) is 8. The number of nitriles is 1. The van der Waals surface area contributed by atoms with Gasteiger partial charge in [0, 0.05) is 36.0 Å². The molecule has 2 aliphatic heterocycles. The zero-order chi connectivity index (χ0) is 23.1. The minimum Gasteiger partial charge on any atom is -0.386 e. The molecule has 32 heavy (non-hydrogen) atoms. The van der Waals surface area contributed by atoms with Gasteiger partial charge in [0.05, 0.1) is 21.2 Å². The third kappa shape index (κ3) is 4.05. The number of nitrogens with zero attached hydrogens (tertiary/aromatic N) is 3. The predicted molar refractivity (Wildman–Crippen MR) is 127 cm³/mol. The lowest BCUT2D eigenvalue weighted by atomic mass is 9.88. The molecule has 0 spiro atoms. The van der Waals surface area contributed by atoms with Crippen LogP contribution in [0, 0.1) is 17.2 Å². The number of thiophene rings is 1. The summed E-state index contributed by atoms with van der Waals surface area (Å²) in [6.07, 6.45) is 5.23. The van der Waals surface area contributed by atoms with Crippen LogP contribution in [0.5, 0.6) is 0 Å². The van der Waals surface area contributed by atoms with Crippen molar-refractivity contribution in [2.24, 2.45) is 16.6 Å². The number of pyridine rings is 1. The number of amidine groups is 1. The summed E-state index contributed by atoms with van der Waals surface area (Å²) in [5.74, 6) is 0.201. The van der Waals surface area contributed by atoms with E-state index in [1.165, 1.54) is 17.5 Å². The van der Waals surface area contributed by atoms with Gasteiger partial charge >= 0.3 is 0 Å². The number of aromatic nitrogens is 1. The normalized spacial score (nSPS) is 28.1. The quantitative estimate of drug-likeness (QED) is 0.691. The largest absolute Gasteiger partial charge is 0.386 e. The Morgan fingerprint density at radius 1 is 1.31 bits per heavy atom. The predicted octanol–water partition coefficient (Wildman–Crippen LogP) is 3.91. The summed E-state index contributed by atoms with van der Waals surface area (Å²) in [5, 5.41) is 9.57. The number of ether oxygens (including phenoxy) is 1. The third-order valence-electron chi connectivity index (χ3n) is 6.41. The topological polar surface area (TPSA) is 118 Å². The van der Waals surface area contributed by atoms with Crippen LogP contribution in [0.4, 0.5) is 0 Å². The van der Waals surface area contributed by atoms with Crippen molar-refractivity contribution in [3.8, 4) is 16.5 Å². The van der Waals surface area contributed by atoms with Gasteiger partial charge in [-0.1, -0.05) is 11.6 Å². The van der Waals surface area contributed by atoms with Gasteiger partial charge in [-0.25, -0.2) is 8.42 Å². The van der Waals surface area contributed by atoms with Gasteiger partial charge in [-0.05, 0) is 51.2 Å². The minimum atomic E-state index is -3.61. The monoisotopic (exact) mass is 492 g/mol. The Hall–Kier alpha value is -1.99. The van der Waals surface area contributed by atoms with Crippen LogP contribution < -0.4 is 5.73 Å². The van der Waals surface area contributed by atoms with Crippen LogP contribution >= 0.6 is 22.9 Å². The van der Waals surface area contributed by atoms with Crippen molar-refractivity contribution >= 4 is 38.6 Å². The fourth-order valence-electron chi connectivity index (χ4n) is 4.47. The molecule has 2 N–H and O–H groups in total. The summed E-state index contributed by atoms with van der Waals surface area (Å²) in [7, 11) is -3.61. The van der Waals surface area contributed by atoms with Crippen LogP contribution in [-0.4, -0.2) is 43.0 Å². The van der Waals surface area contributed by atoms with E-state index in [1.807, 2.05) is 0 Å². The van der Waals surface area contributed by atoms with E-state index >= 15 is 0 Å². The van der Waals surface area contributed by atoms with E-state index in [4.69, 9.17) is 32.3 Å². The SMILES string of the molecule is C[C@]1(CC2CCOCC2)C(N)=N[C@](C)(c2sc(-c3cncc(C#N)c3)cc2Cl)CS1(=O)=O. The maximum atomic E-state index is 13.6. The van der Waals surface area contributed by atoms with Crippen molar-refractivity contribution in [3.63, 3.8) is 0 Å². The highest BCUT2D eigenvalue weighted by molar-refractivity contribution is 7.93. The molecule has 0 aliphatic carbocycles. The van der Waals surface area contributed by atoms with Crippen molar-refractivity contribution in [1.82, 2.24) is 4.98 Å². The molecule has 170 valence electrons. The Bertz CT molecular complexity index is 1210. The molecule has 2 aromatic heterocycles. The van der Waals surface area contributed by atoms with E-state index in [-0.39, 0.29) is 17.5 Å². The van der Waals surface area contributed by atoms with Crippen molar-refractivity contribution in [2.45, 2.75) is 43.4 Å². The Balaban J connectivity index is 1.71. The van der Waals surface area contributed by atoms with Crippen LogP contribution in [0.15, 0.2) is 29.5 Å². The standard InChI is InChI=1S/C22H25ClN4O3S2/c1-21(19-17(23)8-18(31-19)16-7-15(10-24)11-26-12-16)13-32(28,29)22(2,20(25)27-21)9-14-3-5-30-6-4-14/h7-8,11-12,14H,3-6,9,13H2,1-2H3,(H2,25,27)/t21-,22-/m0/s1. The zero-order valence-corrected chi connectivity index (χ0v) is 20.4. The Morgan fingerprint density at radius 2 is 2.03 bits per heavy atom. The van der Waals surface area contributed by atoms with Crippen molar-refractivity contribution in [3.05, 3.63) is 40.0 Å². The van der Waals surface area contributed by atoms with Crippen LogP contribution in [0.2, 0.25) is 5.02 Å². The summed E-state index contributed by atoms with van der Waals surface area (Å²) in [6.45, 7) is 4.74. The summed E-state index contributed by atoms with van der Waals surface area (Å²) in [4.78, 5) is 10.3. The lowest BCUT2D eigenvalue weighted by molar-refractivity contribution is 0.0625. The van der Waals surface area contributed by atoms with Gasteiger partial charge in [0.2, 0.25) is 0 Å². The van der Waals surface area contributed by atoms with Crippen LogP contribution in [0.3, 0.4) is 0 Å². The van der Waals surface area contributed by atoms with Gasteiger partial charge < -0.3 is 10.5 Å². The maximum Gasteiger partial charge on any atom is 0.165 e. The van der Waals surface area contributed by atoms with Gasteiger partial charge in [-0.2, -0.15) is 5.26 Å². The third-order valence-corrected chi connectivity index (χ3v) is 11.0. The molecule has 2 aliphatic rings. The molecule has 1 fully saturated rings. The fourth-order valence-corrected chi connectivity index (χ4v) is 8.29. The zero-order valence-electron chi connectivity index (χ0n) is 18.0. The summed E-state index contributed by atoms with van der Waals surface area (Å²) in [6, 6.07) is 5.56. The molecular weight excluding hydrogens is 468 g/mol.